The van der Waals surface area contributed by atoms with Crippen LogP contribution in [-0.2, 0) is 22.4 Å². The van der Waals surface area contributed by atoms with Crippen molar-refractivity contribution < 1.29 is 18.7 Å². The maximum absolute atomic E-state index is 13.9. The summed E-state index contributed by atoms with van der Waals surface area (Å²) in [7, 11) is 1.58. The molecule has 0 radical (unpaired) electrons. The maximum atomic E-state index is 13.9. The number of nitrogens with one attached hydrogen (secondary N) is 1. The van der Waals surface area contributed by atoms with Gasteiger partial charge in [0.05, 0.1) is 12.5 Å². The van der Waals surface area contributed by atoms with Crippen molar-refractivity contribution in [1.29, 1.82) is 0 Å². The zero-order valence-electron chi connectivity index (χ0n) is 18.9. The van der Waals surface area contributed by atoms with Gasteiger partial charge in [0.15, 0.2) is 0 Å². The Hall–Kier alpha value is -3.25. The van der Waals surface area contributed by atoms with Crippen LogP contribution in [0, 0.1) is 11.2 Å². The fraction of sp³-hybridized carbons (Fsp3) is 0.333. The Bertz CT molecular complexity index is 1080. The number of hydrogen-bond acceptors (Lipinski definition) is 4. The molecule has 5 nitrogen and oxygen atoms in total. The van der Waals surface area contributed by atoms with E-state index >= 15 is 0 Å². The number of benzene rings is 2. The monoisotopic (exact) mass is 448 g/mol. The Kier molecular flexibility index (Phi) is 7.35. The van der Waals surface area contributed by atoms with E-state index in [0.29, 0.717) is 56.8 Å². The van der Waals surface area contributed by atoms with Gasteiger partial charge in [0.2, 0.25) is 5.91 Å². The summed E-state index contributed by atoms with van der Waals surface area (Å²) in [6.07, 6.45) is 4.37. The highest BCUT2D eigenvalue weighted by Crippen LogP contribution is 2.37. The van der Waals surface area contributed by atoms with Crippen molar-refractivity contribution in [2.45, 2.75) is 25.7 Å². The Balaban J connectivity index is 1.52. The highest BCUT2D eigenvalue weighted by atomic mass is 19.1. The minimum absolute atomic E-state index is 0.0514. The van der Waals surface area contributed by atoms with Gasteiger partial charge in [-0.1, -0.05) is 30.3 Å². The first-order chi connectivity index (χ1) is 16.1. The van der Waals surface area contributed by atoms with Gasteiger partial charge in [0, 0.05) is 43.6 Å². The molecule has 1 amide bonds. The molecule has 1 fully saturated rings. The van der Waals surface area contributed by atoms with Gasteiger partial charge >= 0.3 is 0 Å². The third-order valence-corrected chi connectivity index (χ3v) is 6.27. The second kappa shape index (κ2) is 10.6. The maximum Gasteiger partial charge on any atom is 0.226 e. The van der Waals surface area contributed by atoms with Gasteiger partial charge in [-0.15, -0.1) is 0 Å². The summed E-state index contributed by atoms with van der Waals surface area (Å²) in [4.78, 5) is 17.7. The molecule has 2 aromatic carbocycles. The highest BCUT2D eigenvalue weighted by molar-refractivity contribution is 5.83. The fourth-order valence-corrected chi connectivity index (χ4v) is 4.43. The number of carbonyl (C=O) groups is 1. The second-order valence-corrected chi connectivity index (χ2v) is 8.44. The van der Waals surface area contributed by atoms with Gasteiger partial charge in [-0.25, -0.2) is 4.39 Å². The first kappa shape index (κ1) is 22.9. The molecule has 172 valence electrons. The van der Waals surface area contributed by atoms with Crippen LogP contribution >= 0.6 is 0 Å². The van der Waals surface area contributed by atoms with Gasteiger partial charge in [-0.2, -0.15) is 0 Å². The Morgan fingerprint density at radius 3 is 2.73 bits per heavy atom. The SMILES string of the molecule is COc1ccc(F)cc1-c1cccc(CC2(C(=O)NCCc3ccccn3)CCOCC2)c1. The molecule has 1 aliphatic heterocycles. The van der Waals surface area contributed by atoms with Gasteiger partial charge in [-0.05, 0) is 60.7 Å². The van der Waals surface area contributed by atoms with E-state index in [0.717, 1.165) is 16.8 Å². The number of hydrogen-bond donors (Lipinski definition) is 1. The molecular formula is C27H29FN2O3. The van der Waals surface area contributed by atoms with E-state index in [1.54, 1.807) is 19.4 Å². The molecule has 4 rings (SSSR count). The molecule has 1 aliphatic rings. The summed E-state index contributed by atoms with van der Waals surface area (Å²) in [5, 5.41) is 3.13. The lowest BCUT2D eigenvalue weighted by Gasteiger charge is -2.36. The van der Waals surface area contributed by atoms with E-state index in [-0.39, 0.29) is 11.7 Å². The lowest BCUT2D eigenvalue weighted by molar-refractivity contribution is -0.136. The van der Waals surface area contributed by atoms with E-state index in [1.807, 2.05) is 42.5 Å². The predicted molar refractivity (Wildman–Crippen MR) is 126 cm³/mol. The molecule has 0 unspecified atom stereocenters. The highest BCUT2D eigenvalue weighted by Gasteiger charge is 2.40. The van der Waals surface area contributed by atoms with Crippen LogP contribution in [0.3, 0.4) is 0 Å². The quantitative estimate of drug-likeness (QED) is 0.547. The number of methoxy groups -OCH3 is 1. The normalized spacial score (nSPS) is 15.1. The largest absolute Gasteiger partial charge is 0.496 e. The molecule has 0 spiro atoms. The molecule has 1 aromatic heterocycles. The predicted octanol–water partition coefficient (Wildman–Crippen LogP) is 4.59. The summed E-state index contributed by atoms with van der Waals surface area (Å²) in [5.41, 5.74) is 3.01. The molecule has 33 heavy (non-hydrogen) atoms. The summed E-state index contributed by atoms with van der Waals surface area (Å²) in [5.74, 6) is 0.349. The standard InChI is InChI=1S/C27H29FN2O3/c1-32-25-9-8-22(28)18-24(25)21-6-4-5-20(17-21)19-27(11-15-33-16-12-27)26(31)30-14-10-23-7-2-3-13-29-23/h2-9,13,17-18H,10-12,14-16,19H2,1H3,(H,30,31). The first-order valence-electron chi connectivity index (χ1n) is 11.3. The van der Waals surface area contributed by atoms with Crippen molar-refractivity contribution in [3.8, 4) is 16.9 Å². The smallest absolute Gasteiger partial charge is 0.226 e. The van der Waals surface area contributed by atoms with Crippen LogP contribution < -0.4 is 10.1 Å². The summed E-state index contributed by atoms with van der Waals surface area (Å²) in [6, 6.07) is 18.2. The second-order valence-electron chi connectivity index (χ2n) is 8.44. The zero-order chi connectivity index (χ0) is 23.1. The molecule has 0 saturated carbocycles. The number of halogens is 1. The Morgan fingerprint density at radius 1 is 1.12 bits per heavy atom. The molecule has 6 heteroatoms. The Labute approximate surface area is 194 Å². The minimum atomic E-state index is -0.535. The van der Waals surface area contributed by atoms with Crippen molar-refractivity contribution in [3.63, 3.8) is 0 Å². The minimum Gasteiger partial charge on any atom is -0.496 e. The number of nitrogens with zero attached hydrogens (tertiary/aromatic N) is 1. The van der Waals surface area contributed by atoms with Gasteiger partial charge in [-0.3, -0.25) is 9.78 Å². The van der Waals surface area contributed by atoms with Crippen molar-refractivity contribution in [1.82, 2.24) is 10.3 Å². The van der Waals surface area contributed by atoms with Crippen LogP contribution in [-0.4, -0.2) is 37.8 Å². The molecule has 0 aliphatic carbocycles. The zero-order valence-corrected chi connectivity index (χ0v) is 18.9. The van der Waals surface area contributed by atoms with E-state index in [4.69, 9.17) is 9.47 Å². The van der Waals surface area contributed by atoms with Crippen LogP contribution in [0.4, 0.5) is 4.39 Å². The lowest BCUT2D eigenvalue weighted by Crippen LogP contribution is -2.46. The van der Waals surface area contributed by atoms with Crippen molar-refractivity contribution >= 4 is 5.91 Å². The summed E-state index contributed by atoms with van der Waals surface area (Å²) in [6.45, 7) is 1.66. The van der Waals surface area contributed by atoms with Crippen LogP contribution in [0.1, 0.15) is 24.1 Å². The van der Waals surface area contributed by atoms with Crippen LogP contribution in [0.2, 0.25) is 0 Å². The third-order valence-electron chi connectivity index (χ3n) is 6.27. The average Bonchev–Trinajstić information content (AvgIpc) is 2.85. The lowest BCUT2D eigenvalue weighted by atomic mass is 9.74. The molecule has 0 atom stereocenters. The number of rotatable bonds is 8. The first-order valence-corrected chi connectivity index (χ1v) is 11.3. The van der Waals surface area contributed by atoms with E-state index in [1.165, 1.54) is 12.1 Å². The van der Waals surface area contributed by atoms with Crippen LogP contribution in [0.15, 0.2) is 66.9 Å². The van der Waals surface area contributed by atoms with Gasteiger partial charge in [0.1, 0.15) is 11.6 Å². The molecule has 0 bridgehead atoms. The molecule has 1 saturated heterocycles. The van der Waals surface area contributed by atoms with Crippen molar-refractivity contribution in [2.75, 3.05) is 26.9 Å². The number of amides is 1. The fourth-order valence-electron chi connectivity index (χ4n) is 4.43. The average molecular weight is 449 g/mol. The summed E-state index contributed by atoms with van der Waals surface area (Å²) < 4.78 is 24.9. The van der Waals surface area contributed by atoms with Crippen LogP contribution in [0.5, 0.6) is 5.75 Å². The van der Waals surface area contributed by atoms with Gasteiger partial charge in [0.25, 0.3) is 0 Å². The van der Waals surface area contributed by atoms with Crippen LogP contribution in [0.25, 0.3) is 11.1 Å². The molecular weight excluding hydrogens is 419 g/mol. The van der Waals surface area contributed by atoms with Gasteiger partial charge < -0.3 is 14.8 Å². The van der Waals surface area contributed by atoms with E-state index in [9.17, 15) is 9.18 Å². The number of ether oxygens (including phenoxy) is 2. The third kappa shape index (κ3) is 5.57. The number of aromatic nitrogens is 1. The molecule has 1 N–H and O–H groups in total. The van der Waals surface area contributed by atoms with E-state index in [2.05, 4.69) is 10.3 Å². The van der Waals surface area contributed by atoms with Crippen molar-refractivity contribution in [3.05, 3.63) is 83.9 Å². The Morgan fingerprint density at radius 2 is 1.97 bits per heavy atom. The van der Waals surface area contributed by atoms with Crippen molar-refractivity contribution in [2.24, 2.45) is 5.41 Å². The topological polar surface area (TPSA) is 60.5 Å². The molecule has 2 heterocycles. The van der Waals surface area contributed by atoms with E-state index < -0.39 is 5.41 Å². The number of pyridine rings is 1. The molecule has 3 aromatic rings. The summed E-state index contributed by atoms with van der Waals surface area (Å²) >= 11 is 0. The number of carbonyl (C=O) groups excluding carboxylic acids is 1.